The Morgan fingerprint density at radius 1 is 1.21 bits per heavy atom. The summed E-state index contributed by atoms with van der Waals surface area (Å²) in [6.45, 7) is 1.38. The van der Waals surface area contributed by atoms with Gasteiger partial charge in [-0.15, -0.1) is 0 Å². The molecule has 2 aromatic carbocycles. The van der Waals surface area contributed by atoms with Crippen LogP contribution in [0, 0.1) is 17.5 Å². The van der Waals surface area contributed by atoms with Crippen molar-refractivity contribution in [1.29, 1.82) is 0 Å². The van der Waals surface area contributed by atoms with Gasteiger partial charge in [-0.1, -0.05) is 39.3 Å². The highest BCUT2D eigenvalue weighted by Gasteiger charge is 2.19. The molecular weight excluding hydrogens is 389 g/mol. The molecule has 0 fully saturated rings. The van der Waals surface area contributed by atoms with Crippen molar-refractivity contribution < 1.29 is 22.8 Å². The Bertz CT molecular complexity index is 784. The fraction of sp³-hybridized carbons (Fsp3) is 0.125. The number of oxime groups is 1. The second kappa shape index (κ2) is 7.96. The molecular formula is C16H12BrF3N2O2. The van der Waals surface area contributed by atoms with E-state index in [1.165, 1.54) is 13.1 Å². The minimum atomic E-state index is -1.66. The van der Waals surface area contributed by atoms with Crippen molar-refractivity contribution >= 4 is 33.7 Å². The molecule has 0 aliphatic heterocycles. The molecule has 4 nitrogen and oxygen atoms in total. The van der Waals surface area contributed by atoms with Crippen LogP contribution in [0.1, 0.15) is 12.5 Å². The molecule has 1 atom stereocenters. The molecule has 2 rings (SSSR count). The van der Waals surface area contributed by atoms with Crippen LogP contribution in [0.3, 0.4) is 0 Å². The van der Waals surface area contributed by atoms with Crippen molar-refractivity contribution in [2.45, 2.75) is 13.0 Å². The summed E-state index contributed by atoms with van der Waals surface area (Å²) in [6, 6.07) is 8.85. The average Bonchev–Trinajstić information content (AvgIpc) is 2.57. The van der Waals surface area contributed by atoms with Crippen molar-refractivity contribution in [3.8, 4) is 0 Å². The molecule has 0 heterocycles. The van der Waals surface area contributed by atoms with Gasteiger partial charge in [0.25, 0.3) is 5.91 Å². The Labute approximate surface area is 144 Å². The molecule has 126 valence electrons. The number of nitrogens with one attached hydrogen (secondary N) is 1. The summed E-state index contributed by atoms with van der Waals surface area (Å²) < 4.78 is 40.2. The monoisotopic (exact) mass is 400 g/mol. The maximum atomic E-state index is 13.5. The third kappa shape index (κ3) is 4.35. The standard InChI is InChI=1S/C16H12BrF3N2O2/c1-9(24-21-8-10-4-2-3-5-11(10)17)16(23)22-13-7-6-12(18)14(19)15(13)20/h2-9H,1H3,(H,22,23)/b21-8-/t9-/m0/s1. The summed E-state index contributed by atoms with van der Waals surface area (Å²) in [5.74, 6) is -5.24. The maximum Gasteiger partial charge on any atom is 0.268 e. The van der Waals surface area contributed by atoms with Gasteiger partial charge >= 0.3 is 0 Å². The average molecular weight is 401 g/mol. The predicted molar refractivity (Wildman–Crippen MR) is 87.2 cm³/mol. The van der Waals surface area contributed by atoms with Crippen LogP contribution in [-0.2, 0) is 9.63 Å². The number of rotatable bonds is 5. The number of anilines is 1. The van der Waals surface area contributed by atoms with E-state index in [2.05, 4.69) is 26.4 Å². The van der Waals surface area contributed by atoms with Crippen LogP contribution in [0.4, 0.5) is 18.9 Å². The molecule has 0 saturated carbocycles. The number of hydrogen-bond acceptors (Lipinski definition) is 3. The van der Waals surface area contributed by atoms with Gasteiger partial charge in [-0.3, -0.25) is 4.79 Å². The highest BCUT2D eigenvalue weighted by Crippen LogP contribution is 2.20. The molecule has 0 unspecified atom stereocenters. The molecule has 0 radical (unpaired) electrons. The number of benzene rings is 2. The molecule has 0 aromatic heterocycles. The fourth-order valence-corrected chi connectivity index (χ4v) is 2.05. The topological polar surface area (TPSA) is 50.7 Å². The van der Waals surface area contributed by atoms with Crippen LogP contribution in [0.25, 0.3) is 0 Å². The Morgan fingerprint density at radius 2 is 1.92 bits per heavy atom. The molecule has 0 saturated heterocycles. The molecule has 1 amide bonds. The number of amides is 1. The number of carbonyl (C=O) groups excluding carboxylic acids is 1. The van der Waals surface area contributed by atoms with Gasteiger partial charge in [-0.2, -0.15) is 0 Å². The van der Waals surface area contributed by atoms with Crippen LogP contribution in [0.5, 0.6) is 0 Å². The summed E-state index contributed by atoms with van der Waals surface area (Å²) in [5.41, 5.74) is 0.251. The van der Waals surface area contributed by atoms with Crippen molar-refractivity contribution in [3.05, 3.63) is 63.9 Å². The van der Waals surface area contributed by atoms with Crippen LogP contribution in [0.2, 0.25) is 0 Å². The van der Waals surface area contributed by atoms with Crippen LogP contribution in [-0.4, -0.2) is 18.2 Å². The molecule has 2 aromatic rings. The van der Waals surface area contributed by atoms with Gasteiger partial charge in [0.1, 0.15) is 0 Å². The van der Waals surface area contributed by atoms with Crippen molar-refractivity contribution in [3.63, 3.8) is 0 Å². The smallest absolute Gasteiger partial charge is 0.268 e. The Morgan fingerprint density at radius 3 is 2.62 bits per heavy atom. The zero-order valence-electron chi connectivity index (χ0n) is 12.4. The minimum absolute atomic E-state index is 0.482. The van der Waals surface area contributed by atoms with Gasteiger partial charge in [-0.25, -0.2) is 13.2 Å². The van der Waals surface area contributed by atoms with Gasteiger partial charge in [0, 0.05) is 10.0 Å². The van der Waals surface area contributed by atoms with E-state index in [4.69, 9.17) is 4.84 Å². The predicted octanol–water partition coefficient (Wildman–Crippen LogP) is 4.24. The first-order chi connectivity index (χ1) is 11.4. The van der Waals surface area contributed by atoms with Crippen LogP contribution in [0.15, 0.2) is 46.0 Å². The highest BCUT2D eigenvalue weighted by molar-refractivity contribution is 9.10. The lowest BCUT2D eigenvalue weighted by molar-refractivity contribution is -0.126. The van der Waals surface area contributed by atoms with Crippen LogP contribution < -0.4 is 5.32 Å². The van der Waals surface area contributed by atoms with Gasteiger partial charge in [0.15, 0.2) is 17.5 Å². The van der Waals surface area contributed by atoms with Gasteiger partial charge in [-0.05, 0) is 25.1 Å². The summed E-state index contributed by atoms with van der Waals surface area (Å²) >= 11 is 3.32. The number of hydrogen-bond donors (Lipinski definition) is 1. The first-order valence-corrected chi connectivity index (χ1v) is 7.57. The second-order valence-electron chi connectivity index (χ2n) is 4.72. The molecule has 0 spiro atoms. The second-order valence-corrected chi connectivity index (χ2v) is 5.57. The normalized spacial score (nSPS) is 12.2. The van der Waals surface area contributed by atoms with Crippen molar-refractivity contribution in [1.82, 2.24) is 0 Å². The zero-order chi connectivity index (χ0) is 17.7. The van der Waals surface area contributed by atoms with E-state index in [9.17, 15) is 18.0 Å². The molecule has 8 heteroatoms. The highest BCUT2D eigenvalue weighted by atomic mass is 79.9. The van der Waals surface area contributed by atoms with Crippen molar-refractivity contribution in [2.24, 2.45) is 5.16 Å². The molecule has 1 N–H and O–H groups in total. The van der Waals surface area contributed by atoms with E-state index in [0.717, 1.165) is 16.1 Å². The minimum Gasteiger partial charge on any atom is -0.383 e. The van der Waals surface area contributed by atoms with Crippen molar-refractivity contribution in [2.75, 3.05) is 5.32 Å². The molecule has 24 heavy (non-hydrogen) atoms. The summed E-state index contributed by atoms with van der Waals surface area (Å²) in [7, 11) is 0. The lowest BCUT2D eigenvalue weighted by atomic mass is 10.2. The lowest BCUT2D eigenvalue weighted by Crippen LogP contribution is -2.27. The Hall–Kier alpha value is -2.35. The van der Waals surface area contributed by atoms with E-state index < -0.39 is 35.2 Å². The van der Waals surface area contributed by atoms with Gasteiger partial charge in [0.2, 0.25) is 6.10 Å². The summed E-state index contributed by atoms with van der Waals surface area (Å²) in [5, 5.41) is 5.78. The molecule has 0 aliphatic carbocycles. The maximum absolute atomic E-state index is 13.5. The Kier molecular flexibility index (Phi) is 5.97. The third-order valence-electron chi connectivity index (χ3n) is 2.98. The largest absolute Gasteiger partial charge is 0.383 e. The SMILES string of the molecule is C[C@H](O/N=C\c1ccccc1Br)C(=O)Nc1ccc(F)c(F)c1F. The van der Waals surface area contributed by atoms with E-state index in [1.807, 2.05) is 12.1 Å². The van der Waals surface area contributed by atoms with Gasteiger partial charge in [0.05, 0.1) is 11.9 Å². The first kappa shape index (κ1) is 18.0. The molecule has 0 bridgehead atoms. The Balaban J connectivity index is 1.98. The van der Waals surface area contributed by atoms with E-state index in [0.29, 0.717) is 6.07 Å². The summed E-state index contributed by atoms with van der Waals surface area (Å²) in [6.07, 6.45) is 0.322. The van der Waals surface area contributed by atoms with Gasteiger partial charge < -0.3 is 10.2 Å². The number of halogens is 4. The fourth-order valence-electron chi connectivity index (χ4n) is 1.66. The van der Waals surface area contributed by atoms with Crippen LogP contribution >= 0.6 is 15.9 Å². The quantitative estimate of drug-likeness (QED) is 0.463. The lowest BCUT2D eigenvalue weighted by Gasteiger charge is -2.11. The molecule has 0 aliphatic rings. The summed E-state index contributed by atoms with van der Waals surface area (Å²) in [4.78, 5) is 16.8. The zero-order valence-corrected chi connectivity index (χ0v) is 14.0. The first-order valence-electron chi connectivity index (χ1n) is 6.78. The number of carbonyl (C=O) groups is 1. The van der Waals surface area contributed by atoms with E-state index >= 15 is 0 Å². The van der Waals surface area contributed by atoms with E-state index in [-0.39, 0.29) is 0 Å². The number of nitrogens with zero attached hydrogens (tertiary/aromatic N) is 1. The van der Waals surface area contributed by atoms with E-state index in [1.54, 1.807) is 12.1 Å². The third-order valence-corrected chi connectivity index (χ3v) is 3.70.